The van der Waals surface area contributed by atoms with Gasteiger partial charge in [-0.15, -0.1) is 0 Å². The monoisotopic (exact) mass is 363 g/mol. The number of rotatable bonds is 3. The van der Waals surface area contributed by atoms with E-state index in [1.165, 1.54) is 51.6 Å². The van der Waals surface area contributed by atoms with Crippen molar-refractivity contribution in [2.75, 3.05) is 18.4 Å². The maximum absolute atomic E-state index is 9.18. The van der Waals surface area contributed by atoms with Gasteiger partial charge in [0.15, 0.2) is 0 Å². The lowest BCUT2D eigenvalue weighted by molar-refractivity contribution is 0.0747. The zero-order chi connectivity index (χ0) is 18.9. The molecule has 0 unspecified atom stereocenters. The Bertz CT molecular complexity index is 835. The van der Waals surface area contributed by atoms with E-state index in [-0.39, 0.29) is 0 Å². The lowest BCUT2D eigenvalue weighted by Crippen LogP contribution is -2.46. The Morgan fingerprint density at radius 2 is 1.85 bits per heavy atom. The fourth-order valence-electron chi connectivity index (χ4n) is 4.51. The molecule has 4 rings (SSSR count). The Morgan fingerprint density at radius 1 is 1.11 bits per heavy atom. The molecule has 0 radical (unpaired) electrons. The van der Waals surface area contributed by atoms with E-state index in [1.807, 2.05) is 18.2 Å². The number of nitrogens with zero attached hydrogens (tertiary/aromatic N) is 4. The normalized spacial score (nSPS) is 25.8. The van der Waals surface area contributed by atoms with Gasteiger partial charge < -0.3 is 10.2 Å². The first-order valence-electron chi connectivity index (χ1n) is 10.2. The Balaban J connectivity index is 1.39. The Kier molecular flexibility index (Phi) is 5.01. The summed E-state index contributed by atoms with van der Waals surface area (Å²) in [5.74, 6) is 0.861. The van der Waals surface area contributed by atoms with Gasteiger partial charge >= 0.3 is 0 Å². The van der Waals surface area contributed by atoms with Crippen LogP contribution < -0.4 is 5.32 Å². The summed E-state index contributed by atoms with van der Waals surface area (Å²) in [5.41, 5.74) is 2.05. The van der Waals surface area contributed by atoms with Crippen LogP contribution in [0.4, 0.5) is 5.82 Å². The minimum absolute atomic E-state index is 0.450. The molecule has 5 nitrogen and oxygen atoms in total. The Labute approximate surface area is 161 Å². The number of benzene rings is 1. The molecule has 2 aromatic rings. The van der Waals surface area contributed by atoms with Gasteiger partial charge in [-0.3, -0.25) is 0 Å². The van der Waals surface area contributed by atoms with Crippen molar-refractivity contribution < 1.29 is 0 Å². The van der Waals surface area contributed by atoms with Gasteiger partial charge in [-0.1, -0.05) is 13.8 Å². The van der Waals surface area contributed by atoms with E-state index in [0.717, 1.165) is 22.8 Å². The Hall–Kier alpha value is -2.19. The maximum Gasteiger partial charge on any atom is 0.137 e. The van der Waals surface area contributed by atoms with Crippen molar-refractivity contribution in [3.63, 3.8) is 0 Å². The van der Waals surface area contributed by atoms with Crippen LogP contribution in [0.2, 0.25) is 0 Å². The molecule has 1 N–H and O–H groups in total. The molecular formula is C22H29N5. The minimum atomic E-state index is 0.450. The smallest absolute Gasteiger partial charge is 0.137 e. The fourth-order valence-corrected chi connectivity index (χ4v) is 4.51. The topological polar surface area (TPSA) is 64.8 Å². The molecule has 1 aliphatic carbocycles. The molecule has 142 valence electrons. The van der Waals surface area contributed by atoms with Crippen molar-refractivity contribution in [2.24, 2.45) is 5.41 Å². The minimum Gasteiger partial charge on any atom is -0.367 e. The standard InChI is InChI=1S/C22H29N5/c1-22(2)9-11-27(12-10-22)18-6-4-17(5-7-18)26-21-19-13-16(14-23)3-8-20(19)24-15-25-21/h3,8,13,15,17-18H,4-7,9-12H2,1-2H3,(H,24,25,26). The number of piperidine rings is 1. The van der Waals surface area contributed by atoms with Crippen molar-refractivity contribution in [1.29, 1.82) is 5.26 Å². The number of anilines is 1. The maximum atomic E-state index is 9.18. The molecule has 1 saturated carbocycles. The van der Waals surface area contributed by atoms with Gasteiger partial charge in [0, 0.05) is 17.5 Å². The molecule has 5 heteroatoms. The van der Waals surface area contributed by atoms with Gasteiger partial charge in [-0.05, 0) is 75.2 Å². The average molecular weight is 364 g/mol. The summed E-state index contributed by atoms with van der Waals surface area (Å²) in [7, 11) is 0. The van der Waals surface area contributed by atoms with Crippen molar-refractivity contribution in [3.8, 4) is 6.07 Å². The molecule has 1 aliphatic heterocycles. The van der Waals surface area contributed by atoms with Crippen LogP contribution in [0.1, 0.15) is 57.9 Å². The number of nitriles is 1. The highest BCUT2D eigenvalue weighted by molar-refractivity contribution is 5.89. The van der Waals surface area contributed by atoms with Crippen LogP contribution in [0.15, 0.2) is 24.5 Å². The van der Waals surface area contributed by atoms with Crippen LogP contribution in [0.5, 0.6) is 0 Å². The predicted octanol–water partition coefficient (Wildman–Crippen LogP) is 4.35. The molecular weight excluding hydrogens is 334 g/mol. The number of likely N-dealkylation sites (tertiary alicyclic amines) is 1. The second-order valence-corrected chi connectivity index (χ2v) is 8.92. The van der Waals surface area contributed by atoms with Crippen LogP contribution in [0.3, 0.4) is 0 Å². The summed E-state index contributed by atoms with van der Waals surface area (Å²) in [5, 5.41) is 13.8. The van der Waals surface area contributed by atoms with Gasteiger partial charge in [-0.25, -0.2) is 9.97 Å². The van der Waals surface area contributed by atoms with E-state index in [9.17, 15) is 5.26 Å². The summed E-state index contributed by atoms with van der Waals surface area (Å²) in [6.07, 6.45) is 9.10. The van der Waals surface area contributed by atoms with E-state index >= 15 is 0 Å². The van der Waals surface area contributed by atoms with Gasteiger partial charge in [0.25, 0.3) is 0 Å². The van der Waals surface area contributed by atoms with Gasteiger partial charge in [0.05, 0.1) is 17.1 Å². The molecule has 2 aliphatic rings. The second-order valence-electron chi connectivity index (χ2n) is 8.92. The molecule has 2 heterocycles. The summed E-state index contributed by atoms with van der Waals surface area (Å²) in [6, 6.07) is 9.00. The zero-order valence-corrected chi connectivity index (χ0v) is 16.4. The molecule has 0 bridgehead atoms. The summed E-state index contributed by atoms with van der Waals surface area (Å²) in [6.45, 7) is 7.30. The number of aromatic nitrogens is 2. The molecule has 1 aromatic carbocycles. The third kappa shape index (κ3) is 4.06. The van der Waals surface area contributed by atoms with Crippen molar-refractivity contribution in [1.82, 2.24) is 14.9 Å². The highest BCUT2D eigenvalue weighted by atomic mass is 15.2. The molecule has 27 heavy (non-hydrogen) atoms. The molecule has 0 amide bonds. The number of fused-ring (bicyclic) bond motifs is 1. The fraction of sp³-hybridized carbons (Fsp3) is 0.591. The molecule has 2 fully saturated rings. The summed E-state index contributed by atoms with van der Waals surface area (Å²) >= 11 is 0. The molecule has 0 atom stereocenters. The van der Waals surface area contributed by atoms with Crippen molar-refractivity contribution in [2.45, 2.75) is 64.5 Å². The zero-order valence-electron chi connectivity index (χ0n) is 16.4. The van der Waals surface area contributed by atoms with Crippen molar-refractivity contribution in [3.05, 3.63) is 30.1 Å². The molecule has 1 saturated heterocycles. The third-order valence-corrected chi connectivity index (χ3v) is 6.47. The number of hydrogen-bond acceptors (Lipinski definition) is 5. The van der Waals surface area contributed by atoms with Crippen LogP contribution in [-0.4, -0.2) is 40.0 Å². The highest BCUT2D eigenvalue weighted by Gasteiger charge is 2.31. The van der Waals surface area contributed by atoms with E-state index in [2.05, 4.69) is 40.1 Å². The summed E-state index contributed by atoms with van der Waals surface area (Å²) < 4.78 is 0. The largest absolute Gasteiger partial charge is 0.367 e. The van der Waals surface area contributed by atoms with Crippen LogP contribution in [0.25, 0.3) is 10.9 Å². The van der Waals surface area contributed by atoms with E-state index in [0.29, 0.717) is 17.0 Å². The first-order chi connectivity index (χ1) is 13.0. The van der Waals surface area contributed by atoms with Crippen LogP contribution >= 0.6 is 0 Å². The summed E-state index contributed by atoms with van der Waals surface area (Å²) in [4.78, 5) is 11.5. The Morgan fingerprint density at radius 3 is 2.56 bits per heavy atom. The SMILES string of the molecule is CC1(C)CCN(C2CCC(Nc3ncnc4ccc(C#N)cc34)CC2)CC1. The van der Waals surface area contributed by atoms with Gasteiger partial charge in [0.1, 0.15) is 12.1 Å². The van der Waals surface area contributed by atoms with E-state index in [4.69, 9.17) is 0 Å². The molecule has 0 spiro atoms. The average Bonchev–Trinajstić information content (AvgIpc) is 2.69. The van der Waals surface area contributed by atoms with Crippen LogP contribution in [0, 0.1) is 16.7 Å². The highest BCUT2D eigenvalue weighted by Crippen LogP contribution is 2.34. The molecule has 1 aromatic heterocycles. The second kappa shape index (κ2) is 7.44. The van der Waals surface area contributed by atoms with E-state index < -0.39 is 0 Å². The van der Waals surface area contributed by atoms with Crippen LogP contribution in [-0.2, 0) is 0 Å². The number of nitrogens with one attached hydrogen (secondary N) is 1. The number of hydrogen-bond donors (Lipinski definition) is 1. The van der Waals surface area contributed by atoms with E-state index in [1.54, 1.807) is 6.33 Å². The third-order valence-electron chi connectivity index (χ3n) is 6.47. The lowest BCUT2D eigenvalue weighted by Gasteiger charge is -2.43. The first-order valence-corrected chi connectivity index (χ1v) is 10.2. The van der Waals surface area contributed by atoms with Gasteiger partial charge in [-0.2, -0.15) is 5.26 Å². The van der Waals surface area contributed by atoms with Gasteiger partial charge in [0.2, 0.25) is 0 Å². The predicted molar refractivity (Wildman–Crippen MR) is 109 cm³/mol. The lowest BCUT2D eigenvalue weighted by atomic mass is 9.81. The van der Waals surface area contributed by atoms with Crippen molar-refractivity contribution >= 4 is 16.7 Å². The first kappa shape index (κ1) is 18.2. The quantitative estimate of drug-likeness (QED) is 0.878.